The van der Waals surface area contributed by atoms with Crippen molar-refractivity contribution in [1.82, 2.24) is 0 Å². The maximum atomic E-state index is 9.10. The van der Waals surface area contributed by atoms with Gasteiger partial charge in [-0.15, -0.1) is 0 Å². The second kappa shape index (κ2) is 5.30. The first-order valence-electron chi connectivity index (χ1n) is 5.25. The molecule has 3 heteroatoms. The minimum absolute atomic E-state index is 0.144. The van der Waals surface area contributed by atoms with Crippen LogP contribution in [0.15, 0.2) is 24.3 Å². The van der Waals surface area contributed by atoms with Gasteiger partial charge in [0.25, 0.3) is 0 Å². The SMILES string of the molecule is CCc1ccc(C(C#N)(C#N)CCO)cc1. The predicted molar refractivity (Wildman–Crippen MR) is 60.4 cm³/mol. The van der Waals surface area contributed by atoms with Crippen LogP contribution in [0, 0.1) is 22.7 Å². The summed E-state index contributed by atoms with van der Waals surface area (Å²) >= 11 is 0. The summed E-state index contributed by atoms with van der Waals surface area (Å²) in [5, 5.41) is 27.1. The summed E-state index contributed by atoms with van der Waals surface area (Å²) in [6.07, 6.45) is 1.07. The van der Waals surface area contributed by atoms with Gasteiger partial charge in [-0.05, 0) is 17.5 Å². The highest BCUT2D eigenvalue weighted by atomic mass is 16.3. The van der Waals surface area contributed by atoms with E-state index in [0.717, 1.165) is 12.0 Å². The van der Waals surface area contributed by atoms with Crippen molar-refractivity contribution in [2.24, 2.45) is 0 Å². The van der Waals surface area contributed by atoms with Crippen LogP contribution in [0.2, 0.25) is 0 Å². The molecule has 0 saturated heterocycles. The number of nitrogens with zero attached hydrogens (tertiary/aromatic N) is 2. The summed E-state index contributed by atoms with van der Waals surface area (Å²) in [5.41, 5.74) is 0.599. The summed E-state index contributed by atoms with van der Waals surface area (Å²) in [7, 11) is 0. The van der Waals surface area contributed by atoms with Gasteiger partial charge in [-0.3, -0.25) is 0 Å². The molecule has 1 rings (SSSR count). The normalized spacial score (nSPS) is 10.5. The topological polar surface area (TPSA) is 67.8 Å². The average Bonchev–Trinajstić information content (AvgIpc) is 2.36. The van der Waals surface area contributed by atoms with Crippen LogP contribution in [-0.2, 0) is 11.8 Å². The second-order valence-corrected chi connectivity index (χ2v) is 3.65. The van der Waals surface area contributed by atoms with Crippen LogP contribution in [-0.4, -0.2) is 11.7 Å². The lowest BCUT2D eigenvalue weighted by molar-refractivity contribution is 0.272. The highest BCUT2D eigenvalue weighted by Gasteiger charge is 2.31. The van der Waals surface area contributed by atoms with Crippen LogP contribution in [0.3, 0.4) is 0 Å². The van der Waals surface area contributed by atoms with E-state index in [0.29, 0.717) is 5.56 Å². The van der Waals surface area contributed by atoms with Gasteiger partial charge < -0.3 is 5.11 Å². The van der Waals surface area contributed by atoms with Gasteiger partial charge in [0.05, 0.1) is 12.1 Å². The first-order chi connectivity index (χ1) is 7.72. The molecule has 0 amide bonds. The van der Waals surface area contributed by atoms with Gasteiger partial charge in [-0.2, -0.15) is 10.5 Å². The molecule has 0 aliphatic rings. The molecule has 0 aromatic heterocycles. The number of hydrogen-bond acceptors (Lipinski definition) is 3. The van der Waals surface area contributed by atoms with Gasteiger partial charge in [0.15, 0.2) is 5.41 Å². The third kappa shape index (κ3) is 2.21. The Morgan fingerprint density at radius 2 is 1.75 bits per heavy atom. The number of rotatable bonds is 4. The molecule has 0 spiro atoms. The molecule has 1 aromatic carbocycles. The maximum absolute atomic E-state index is 9.10. The maximum Gasteiger partial charge on any atom is 0.170 e. The first kappa shape index (κ1) is 12.2. The molecule has 1 N–H and O–H groups in total. The summed E-state index contributed by atoms with van der Waals surface area (Å²) in [6.45, 7) is 1.88. The number of benzene rings is 1. The van der Waals surface area contributed by atoms with Gasteiger partial charge in [-0.1, -0.05) is 31.2 Å². The zero-order valence-electron chi connectivity index (χ0n) is 9.27. The van der Waals surface area contributed by atoms with Gasteiger partial charge >= 0.3 is 0 Å². The summed E-state index contributed by atoms with van der Waals surface area (Å²) in [5.74, 6) is 0. The van der Waals surface area contributed by atoms with E-state index in [2.05, 4.69) is 0 Å². The Bertz CT molecular complexity index is 409. The lowest BCUT2D eigenvalue weighted by Gasteiger charge is -2.17. The molecule has 0 atom stereocenters. The smallest absolute Gasteiger partial charge is 0.170 e. The van der Waals surface area contributed by atoms with E-state index in [-0.39, 0.29) is 13.0 Å². The zero-order valence-corrected chi connectivity index (χ0v) is 9.27. The van der Waals surface area contributed by atoms with Gasteiger partial charge in [0, 0.05) is 13.0 Å². The van der Waals surface area contributed by atoms with Crippen molar-refractivity contribution >= 4 is 0 Å². The minimum Gasteiger partial charge on any atom is -0.396 e. The van der Waals surface area contributed by atoms with E-state index in [1.54, 1.807) is 12.1 Å². The quantitative estimate of drug-likeness (QED) is 0.832. The Kier molecular flexibility index (Phi) is 4.05. The van der Waals surface area contributed by atoms with Crippen molar-refractivity contribution in [3.63, 3.8) is 0 Å². The third-order valence-corrected chi connectivity index (χ3v) is 2.72. The highest BCUT2D eigenvalue weighted by molar-refractivity contribution is 5.41. The Labute approximate surface area is 95.6 Å². The number of hydrogen-bond donors (Lipinski definition) is 1. The monoisotopic (exact) mass is 214 g/mol. The summed E-state index contributed by atoms with van der Waals surface area (Å²) < 4.78 is 0. The number of aryl methyl sites for hydroxylation is 1. The van der Waals surface area contributed by atoms with Crippen molar-refractivity contribution in [1.29, 1.82) is 10.5 Å². The summed E-state index contributed by atoms with van der Waals surface area (Å²) in [4.78, 5) is 0. The van der Waals surface area contributed by atoms with E-state index in [9.17, 15) is 0 Å². The van der Waals surface area contributed by atoms with Crippen molar-refractivity contribution < 1.29 is 5.11 Å². The van der Waals surface area contributed by atoms with E-state index < -0.39 is 5.41 Å². The van der Waals surface area contributed by atoms with Crippen LogP contribution < -0.4 is 0 Å². The lowest BCUT2D eigenvalue weighted by Crippen LogP contribution is -2.23. The molecule has 0 aliphatic heterocycles. The van der Waals surface area contributed by atoms with E-state index in [1.807, 2.05) is 31.2 Å². The van der Waals surface area contributed by atoms with Gasteiger partial charge in [0.2, 0.25) is 0 Å². The van der Waals surface area contributed by atoms with Gasteiger partial charge in [-0.25, -0.2) is 0 Å². The molecule has 3 nitrogen and oxygen atoms in total. The molecule has 0 saturated carbocycles. The molecular formula is C13H14N2O. The molecule has 16 heavy (non-hydrogen) atoms. The predicted octanol–water partition coefficient (Wildman–Crippen LogP) is 1.92. The number of aliphatic hydroxyl groups is 1. The van der Waals surface area contributed by atoms with Crippen molar-refractivity contribution in [3.05, 3.63) is 35.4 Å². The number of aliphatic hydroxyl groups excluding tert-OH is 1. The number of nitriles is 2. The zero-order chi connectivity index (χ0) is 12.0. The van der Waals surface area contributed by atoms with E-state index in [1.165, 1.54) is 0 Å². The van der Waals surface area contributed by atoms with Crippen LogP contribution in [0.4, 0.5) is 0 Å². The van der Waals surface area contributed by atoms with Crippen molar-refractivity contribution in [2.75, 3.05) is 6.61 Å². The fraction of sp³-hybridized carbons (Fsp3) is 0.385. The Balaban J connectivity index is 3.13. The lowest BCUT2D eigenvalue weighted by atomic mass is 9.80. The summed E-state index contributed by atoms with van der Waals surface area (Å²) in [6, 6.07) is 11.4. The molecule has 0 bridgehead atoms. The van der Waals surface area contributed by atoms with E-state index in [4.69, 9.17) is 15.6 Å². The fourth-order valence-electron chi connectivity index (χ4n) is 1.60. The van der Waals surface area contributed by atoms with Crippen LogP contribution in [0.5, 0.6) is 0 Å². The standard InChI is InChI=1S/C13H14N2O/c1-2-11-3-5-12(6-4-11)13(9-14,10-15)7-8-16/h3-6,16H,2,7-8H2,1H3. The molecular weight excluding hydrogens is 200 g/mol. The van der Waals surface area contributed by atoms with Crippen LogP contribution in [0.1, 0.15) is 24.5 Å². The molecule has 0 unspecified atom stereocenters. The van der Waals surface area contributed by atoms with Crippen molar-refractivity contribution in [3.8, 4) is 12.1 Å². The molecule has 82 valence electrons. The second-order valence-electron chi connectivity index (χ2n) is 3.65. The Morgan fingerprint density at radius 1 is 1.19 bits per heavy atom. The molecule has 0 radical (unpaired) electrons. The highest BCUT2D eigenvalue weighted by Crippen LogP contribution is 2.26. The van der Waals surface area contributed by atoms with E-state index >= 15 is 0 Å². The Morgan fingerprint density at radius 3 is 2.12 bits per heavy atom. The average molecular weight is 214 g/mol. The molecule has 0 fully saturated rings. The molecule has 1 aromatic rings. The molecule has 0 heterocycles. The minimum atomic E-state index is -1.22. The fourth-order valence-corrected chi connectivity index (χ4v) is 1.60. The van der Waals surface area contributed by atoms with Crippen LogP contribution in [0.25, 0.3) is 0 Å². The van der Waals surface area contributed by atoms with Gasteiger partial charge in [0.1, 0.15) is 0 Å². The van der Waals surface area contributed by atoms with Crippen molar-refractivity contribution in [2.45, 2.75) is 25.2 Å². The Hall–Kier alpha value is -1.84. The third-order valence-electron chi connectivity index (χ3n) is 2.72. The largest absolute Gasteiger partial charge is 0.396 e. The van der Waals surface area contributed by atoms with Crippen LogP contribution >= 0.6 is 0 Å². The first-order valence-corrected chi connectivity index (χ1v) is 5.25. The molecule has 0 aliphatic carbocycles.